The molecule has 2 aromatic rings. The van der Waals surface area contributed by atoms with Crippen molar-refractivity contribution in [2.75, 3.05) is 5.32 Å². The van der Waals surface area contributed by atoms with Gasteiger partial charge in [-0.2, -0.15) is 0 Å². The lowest BCUT2D eigenvalue weighted by Gasteiger charge is -2.24. The minimum atomic E-state index is -0.113. The maximum atomic E-state index is 12.4. The van der Waals surface area contributed by atoms with Gasteiger partial charge in [-0.3, -0.25) is 4.79 Å². The van der Waals surface area contributed by atoms with Crippen LogP contribution in [0.5, 0.6) is 0 Å². The Bertz CT molecular complexity index is 627. The SMILES string of the molecule is O=C(Nc1ccc(Cl)nn1)C1CCCc2ccccc21. The maximum absolute atomic E-state index is 12.4. The van der Waals surface area contributed by atoms with Gasteiger partial charge in [0.05, 0.1) is 5.92 Å². The van der Waals surface area contributed by atoms with Crippen molar-refractivity contribution < 1.29 is 4.79 Å². The highest BCUT2D eigenvalue weighted by Gasteiger charge is 2.26. The van der Waals surface area contributed by atoms with Crippen molar-refractivity contribution in [3.05, 3.63) is 52.7 Å². The van der Waals surface area contributed by atoms with Gasteiger partial charge < -0.3 is 5.32 Å². The first-order chi connectivity index (χ1) is 9.74. The van der Waals surface area contributed by atoms with E-state index in [1.165, 1.54) is 5.56 Å². The normalized spacial score (nSPS) is 17.4. The second kappa shape index (κ2) is 5.59. The molecule has 1 unspecified atom stereocenters. The highest BCUT2D eigenvalue weighted by Crippen LogP contribution is 2.32. The lowest BCUT2D eigenvalue weighted by molar-refractivity contribution is -0.117. The van der Waals surface area contributed by atoms with Crippen LogP contribution in [0.15, 0.2) is 36.4 Å². The summed E-state index contributed by atoms with van der Waals surface area (Å²) < 4.78 is 0. The Morgan fingerprint density at radius 1 is 1.20 bits per heavy atom. The number of aromatic nitrogens is 2. The lowest BCUT2D eigenvalue weighted by atomic mass is 9.82. The number of amides is 1. The Morgan fingerprint density at radius 2 is 2.05 bits per heavy atom. The van der Waals surface area contributed by atoms with Crippen molar-refractivity contribution in [2.45, 2.75) is 25.2 Å². The topological polar surface area (TPSA) is 54.9 Å². The van der Waals surface area contributed by atoms with E-state index in [0.29, 0.717) is 11.0 Å². The summed E-state index contributed by atoms with van der Waals surface area (Å²) in [5.41, 5.74) is 2.39. The number of anilines is 1. The van der Waals surface area contributed by atoms with E-state index in [4.69, 9.17) is 11.6 Å². The molecule has 102 valence electrons. The average molecular weight is 288 g/mol. The number of carbonyl (C=O) groups excluding carboxylic acids is 1. The van der Waals surface area contributed by atoms with E-state index in [2.05, 4.69) is 21.6 Å². The smallest absolute Gasteiger partial charge is 0.233 e. The summed E-state index contributed by atoms with van der Waals surface area (Å²) in [5, 5.41) is 10.7. The average Bonchev–Trinajstić information content (AvgIpc) is 2.49. The fourth-order valence-corrected chi connectivity index (χ4v) is 2.72. The molecule has 1 aromatic carbocycles. The molecule has 20 heavy (non-hydrogen) atoms. The third kappa shape index (κ3) is 2.65. The lowest BCUT2D eigenvalue weighted by Crippen LogP contribution is -2.25. The third-order valence-electron chi connectivity index (χ3n) is 3.57. The highest BCUT2D eigenvalue weighted by atomic mass is 35.5. The highest BCUT2D eigenvalue weighted by molar-refractivity contribution is 6.29. The summed E-state index contributed by atoms with van der Waals surface area (Å²) >= 11 is 5.68. The summed E-state index contributed by atoms with van der Waals surface area (Å²) in [6, 6.07) is 11.4. The van der Waals surface area contributed by atoms with Crippen LogP contribution in [0.25, 0.3) is 0 Å². The molecule has 1 aromatic heterocycles. The Balaban J connectivity index is 1.80. The molecular formula is C15H14ClN3O. The molecule has 1 aliphatic carbocycles. The van der Waals surface area contributed by atoms with Gasteiger partial charge >= 0.3 is 0 Å². The van der Waals surface area contributed by atoms with E-state index in [1.54, 1.807) is 12.1 Å². The van der Waals surface area contributed by atoms with Gasteiger partial charge in [0.1, 0.15) is 0 Å². The molecule has 4 nitrogen and oxygen atoms in total. The first-order valence-corrected chi connectivity index (χ1v) is 7.00. The predicted molar refractivity (Wildman–Crippen MR) is 77.8 cm³/mol. The molecule has 1 atom stereocenters. The summed E-state index contributed by atoms with van der Waals surface area (Å²) in [4.78, 5) is 12.4. The second-order valence-corrected chi connectivity index (χ2v) is 5.26. The van der Waals surface area contributed by atoms with Crippen LogP contribution in [0.2, 0.25) is 5.15 Å². The summed E-state index contributed by atoms with van der Waals surface area (Å²) in [6.07, 6.45) is 2.94. The maximum Gasteiger partial charge on any atom is 0.233 e. The third-order valence-corrected chi connectivity index (χ3v) is 3.77. The minimum absolute atomic E-state index is 0.0335. The zero-order valence-electron chi connectivity index (χ0n) is 10.8. The number of benzene rings is 1. The summed E-state index contributed by atoms with van der Waals surface area (Å²) in [7, 11) is 0. The number of carbonyl (C=O) groups is 1. The van der Waals surface area contributed by atoms with Gasteiger partial charge in [0, 0.05) is 0 Å². The number of nitrogens with one attached hydrogen (secondary N) is 1. The van der Waals surface area contributed by atoms with Crippen LogP contribution in [0.3, 0.4) is 0 Å². The molecule has 0 saturated heterocycles. The molecular weight excluding hydrogens is 274 g/mol. The van der Waals surface area contributed by atoms with Crippen LogP contribution in [0.4, 0.5) is 5.82 Å². The van der Waals surface area contributed by atoms with Crippen molar-refractivity contribution in [3.8, 4) is 0 Å². The molecule has 0 radical (unpaired) electrons. The molecule has 0 saturated carbocycles. The van der Waals surface area contributed by atoms with Crippen molar-refractivity contribution >= 4 is 23.3 Å². The number of hydrogen-bond donors (Lipinski definition) is 1. The van der Waals surface area contributed by atoms with E-state index in [-0.39, 0.29) is 11.8 Å². The van der Waals surface area contributed by atoms with Crippen molar-refractivity contribution in [1.82, 2.24) is 10.2 Å². The Kier molecular flexibility index (Phi) is 3.65. The molecule has 1 N–H and O–H groups in total. The van der Waals surface area contributed by atoms with Crippen molar-refractivity contribution in [3.63, 3.8) is 0 Å². The van der Waals surface area contributed by atoms with Gasteiger partial charge in [-0.1, -0.05) is 35.9 Å². The van der Waals surface area contributed by atoms with E-state index in [9.17, 15) is 4.79 Å². The number of halogens is 1. The van der Waals surface area contributed by atoms with Crippen molar-refractivity contribution in [2.24, 2.45) is 0 Å². The number of aryl methyl sites for hydroxylation is 1. The quantitative estimate of drug-likeness (QED) is 0.923. The molecule has 3 rings (SSSR count). The minimum Gasteiger partial charge on any atom is -0.309 e. The van der Waals surface area contributed by atoms with Crippen molar-refractivity contribution in [1.29, 1.82) is 0 Å². The number of fused-ring (bicyclic) bond motifs is 1. The summed E-state index contributed by atoms with van der Waals surface area (Å²) in [5.74, 6) is 0.286. The first kappa shape index (κ1) is 13.1. The fraction of sp³-hybridized carbons (Fsp3) is 0.267. The molecule has 1 heterocycles. The van der Waals surface area contributed by atoms with E-state index in [1.807, 2.05) is 18.2 Å². The van der Waals surface area contributed by atoms with E-state index >= 15 is 0 Å². The van der Waals surface area contributed by atoms with Gasteiger partial charge in [0.25, 0.3) is 0 Å². The molecule has 5 heteroatoms. The van der Waals surface area contributed by atoms with Gasteiger partial charge in [-0.05, 0) is 42.5 Å². The van der Waals surface area contributed by atoms with Crippen LogP contribution in [0, 0.1) is 0 Å². The standard InChI is InChI=1S/C15H14ClN3O/c16-13-8-9-14(19-18-13)17-15(20)12-7-3-5-10-4-1-2-6-11(10)12/h1-2,4,6,8-9,12H,3,5,7H2,(H,17,19,20). The molecule has 0 fully saturated rings. The zero-order chi connectivity index (χ0) is 13.9. The fourth-order valence-electron chi connectivity index (χ4n) is 2.62. The van der Waals surface area contributed by atoms with Gasteiger partial charge in [0.15, 0.2) is 11.0 Å². The summed E-state index contributed by atoms with van der Waals surface area (Å²) in [6.45, 7) is 0. The molecule has 0 bridgehead atoms. The Morgan fingerprint density at radius 3 is 2.85 bits per heavy atom. The van der Waals surface area contributed by atoms with Gasteiger partial charge in [-0.15, -0.1) is 10.2 Å². The molecule has 1 aliphatic rings. The van der Waals surface area contributed by atoms with Gasteiger partial charge in [-0.25, -0.2) is 0 Å². The first-order valence-electron chi connectivity index (χ1n) is 6.62. The Hall–Kier alpha value is -1.94. The van der Waals surface area contributed by atoms with Crippen LogP contribution >= 0.6 is 11.6 Å². The predicted octanol–water partition coefficient (Wildman–Crippen LogP) is 3.19. The van der Waals surface area contributed by atoms with Crippen LogP contribution in [0.1, 0.15) is 29.9 Å². The molecule has 1 amide bonds. The second-order valence-electron chi connectivity index (χ2n) is 4.87. The monoisotopic (exact) mass is 287 g/mol. The number of nitrogens with zero attached hydrogens (tertiary/aromatic N) is 2. The molecule has 0 aliphatic heterocycles. The zero-order valence-corrected chi connectivity index (χ0v) is 11.6. The van der Waals surface area contributed by atoms with E-state index < -0.39 is 0 Å². The molecule has 0 spiro atoms. The number of hydrogen-bond acceptors (Lipinski definition) is 3. The number of rotatable bonds is 2. The van der Waals surface area contributed by atoms with Gasteiger partial charge in [0.2, 0.25) is 5.91 Å². The van der Waals surface area contributed by atoms with E-state index in [0.717, 1.165) is 24.8 Å². The van der Waals surface area contributed by atoms with Crippen LogP contribution in [-0.2, 0) is 11.2 Å². The largest absolute Gasteiger partial charge is 0.309 e. The Labute approximate surface area is 122 Å². The van der Waals surface area contributed by atoms with Crippen LogP contribution < -0.4 is 5.32 Å². The van der Waals surface area contributed by atoms with Crippen LogP contribution in [-0.4, -0.2) is 16.1 Å².